The summed E-state index contributed by atoms with van der Waals surface area (Å²) >= 11 is 0. The monoisotopic (exact) mass is 441 g/mol. The van der Waals surface area contributed by atoms with Gasteiger partial charge in [0.2, 0.25) is 5.91 Å². The highest BCUT2D eigenvalue weighted by Crippen LogP contribution is 2.12. The number of amidine groups is 2. The molecule has 0 saturated carbocycles. The third kappa shape index (κ3) is 7.68. The van der Waals surface area contributed by atoms with Crippen LogP contribution in [0, 0.1) is 10.8 Å². The molecular weight excluding hydrogens is 410 g/mol. The van der Waals surface area contributed by atoms with Crippen LogP contribution < -0.4 is 5.32 Å². The minimum Gasteiger partial charge on any atom is -0.349 e. The summed E-state index contributed by atoms with van der Waals surface area (Å²) in [6.07, 6.45) is 4.03. The van der Waals surface area contributed by atoms with Crippen molar-refractivity contribution in [2.24, 2.45) is 0 Å². The maximum Gasteiger partial charge on any atom is 0.226 e. The fourth-order valence-electron chi connectivity index (χ4n) is 3.47. The molecule has 0 fully saturated rings. The summed E-state index contributed by atoms with van der Waals surface area (Å²) in [5.41, 5.74) is 4.12. The van der Waals surface area contributed by atoms with Gasteiger partial charge >= 0.3 is 0 Å². The van der Waals surface area contributed by atoms with E-state index in [1.165, 1.54) is 5.56 Å². The molecule has 0 aliphatic rings. The van der Waals surface area contributed by atoms with E-state index in [-0.39, 0.29) is 24.7 Å². The maximum atomic E-state index is 12.3. The van der Waals surface area contributed by atoms with Crippen molar-refractivity contribution in [2.75, 3.05) is 6.54 Å². The second kappa shape index (κ2) is 12.3. The molecule has 0 bridgehead atoms. The third-order valence-corrected chi connectivity index (χ3v) is 5.44. The lowest BCUT2D eigenvalue weighted by Crippen LogP contribution is -2.43. The Morgan fingerprint density at radius 3 is 2.24 bits per heavy atom. The number of amides is 1. The van der Waals surface area contributed by atoms with Crippen LogP contribution >= 0.6 is 0 Å². The summed E-state index contributed by atoms with van der Waals surface area (Å²) in [6.45, 7) is 2.60. The molecule has 0 atom stereocenters. The number of nitrogens with zero attached hydrogens (tertiary/aromatic N) is 2. The predicted octanol–water partition coefficient (Wildman–Crippen LogP) is 4.39. The minimum atomic E-state index is -0.193. The Morgan fingerprint density at radius 2 is 1.58 bits per heavy atom. The van der Waals surface area contributed by atoms with E-state index in [4.69, 9.17) is 10.8 Å². The van der Waals surface area contributed by atoms with Crippen molar-refractivity contribution in [1.29, 1.82) is 10.8 Å². The molecular formula is C27H31N5O. The Hall–Kier alpha value is -3.80. The van der Waals surface area contributed by atoms with Crippen molar-refractivity contribution in [2.45, 2.75) is 39.2 Å². The van der Waals surface area contributed by atoms with E-state index in [0.717, 1.165) is 24.0 Å². The first-order valence-corrected chi connectivity index (χ1v) is 11.3. The highest BCUT2D eigenvalue weighted by molar-refractivity contribution is 6.00. The topological polar surface area (TPSA) is 92.9 Å². The minimum absolute atomic E-state index is 0.0619. The summed E-state index contributed by atoms with van der Waals surface area (Å²) in [4.78, 5) is 18.2. The molecule has 0 aliphatic heterocycles. The van der Waals surface area contributed by atoms with Crippen LogP contribution in [0.25, 0.3) is 0 Å². The zero-order chi connectivity index (χ0) is 23.5. The Kier molecular flexibility index (Phi) is 8.88. The third-order valence-electron chi connectivity index (χ3n) is 5.44. The summed E-state index contributed by atoms with van der Waals surface area (Å²) in [6, 6.07) is 23.8. The SMILES string of the molecule is CCc1ccc(CN(C(=N)CCc2ccccc2)C(=N)CNC(=O)Cc2ccccn2)cc1. The van der Waals surface area contributed by atoms with Gasteiger partial charge in [-0.1, -0.05) is 67.6 Å². The molecule has 33 heavy (non-hydrogen) atoms. The molecule has 3 aromatic rings. The lowest BCUT2D eigenvalue weighted by atomic mass is 10.1. The van der Waals surface area contributed by atoms with Crippen LogP contribution in [0.1, 0.15) is 35.7 Å². The van der Waals surface area contributed by atoms with E-state index >= 15 is 0 Å². The second-order valence-electron chi connectivity index (χ2n) is 7.91. The van der Waals surface area contributed by atoms with Gasteiger partial charge in [0.1, 0.15) is 11.7 Å². The highest BCUT2D eigenvalue weighted by atomic mass is 16.1. The summed E-state index contributed by atoms with van der Waals surface area (Å²) < 4.78 is 0. The fraction of sp³-hybridized carbons (Fsp3) is 0.259. The van der Waals surface area contributed by atoms with Gasteiger partial charge < -0.3 is 10.2 Å². The Morgan fingerprint density at radius 1 is 0.879 bits per heavy atom. The van der Waals surface area contributed by atoms with E-state index in [1.807, 2.05) is 54.6 Å². The van der Waals surface area contributed by atoms with Crippen molar-refractivity contribution >= 4 is 17.6 Å². The number of carbonyl (C=O) groups excluding carboxylic acids is 1. The van der Waals surface area contributed by atoms with Crippen molar-refractivity contribution < 1.29 is 4.79 Å². The summed E-state index contributed by atoms with van der Waals surface area (Å²) in [7, 11) is 0. The molecule has 0 aliphatic carbocycles. The lowest BCUT2D eigenvalue weighted by molar-refractivity contribution is -0.120. The van der Waals surface area contributed by atoms with Crippen LogP contribution in [0.15, 0.2) is 79.0 Å². The molecule has 6 heteroatoms. The number of hydrogen-bond acceptors (Lipinski definition) is 4. The number of benzene rings is 2. The molecule has 1 amide bonds. The van der Waals surface area contributed by atoms with Gasteiger partial charge in [-0.2, -0.15) is 0 Å². The molecule has 0 unspecified atom stereocenters. The van der Waals surface area contributed by atoms with E-state index in [1.54, 1.807) is 17.2 Å². The zero-order valence-electron chi connectivity index (χ0n) is 19.1. The second-order valence-corrected chi connectivity index (χ2v) is 7.91. The molecule has 0 spiro atoms. The quantitative estimate of drug-likeness (QED) is 0.322. The molecule has 170 valence electrons. The van der Waals surface area contributed by atoms with Crippen LogP contribution in [0.3, 0.4) is 0 Å². The average Bonchev–Trinajstić information content (AvgIpc) is 2.86. The largest absolute Gasteiger partial charge is 0.349 e. The molecule has 1 heterocycles. The van der Waals surface area contributed by atoms with Crippen molar-refractivity contribution in [3.63, 3.8) is 0 Å². The van der Waals surface area contributed by atoms with Gasteiger partial charge in [0, 0.05) is 18.3 Å². The fourth-order valence-corrected chi connectivity index (χ4v) is 3.47. The summed E-state index contributed by atoms with van der Waals surface area (Å²) in [5, 5.41) is 20.1. The van der Waals surface area contributed by atoms with Gasteiger partial charge in [0.15, 0.2) is 0 Å². The smallest absolute Gasteiger partial charge is 0.226 e. The van der Waals surface area contributed by atoms with E-state index in [9.17, 15) is 4.79 Å². The number of aryl methyl sites for hydroxylation is 2. The number of aromatic nitrogens is 1. The van der Waals surface area contributed by atoms with Gasteiger partial charge in [-0.05, 0) is 41.7 Å². The van der Waals surface area contributed by atoms with Gasteiger partial charge in [-0.15, -0.1) is 0 Å². The van der Waals surface area contributed by atoms with E-state index < -0.39 is 0 Å². The first-order valence-electron chi connectivity index (χ1n) is 11.3. The molecule has 6 nitrogen and oxygen atoms in total. The van der Waals surface area contributed by atoms with Crippen LogP contribution in [0.5, 0.6) is 0 Å². The van der Waals surface area contributed by atoms with Crippen LogP contribution in [0.4, 0.5) is 0 Å². The highest BCUT2D eigenvalue weighted by Gasteiger charge is 2.17. The van der Waals surface area contributed by atoms with E-state index in [2.05, 4.69) is 29.4 Å². The van der Waals surface area contributed by atoms with Gasteiger partial charge in [0.05, 0.1) is 19.5 Å². The molecule has 3 N–H and O–H groups in total. The van der Waals surface area contributed by atoms with Crippen molar-refractivity contribution in [3.05, 3.63) is 101 Å². The number of nitrogens with one attached hydrogen (secondary N) is 3. The predicted molar refractivity (Wildman–Crippen MR) is 133 cm³/mol. The molecule has 1 aromatic heterocycles. The van der Waals surface area contributed by atoms with Gasteiger partial charge in [-0.25, -0.2) is 0 Å². The zero-order valence-corrected chi connectivity index (χ0v) is 19.1. The Labute approximate surface area is 195 Å². The number of pyridine rings is 1. The van der Waals surface area contributed by atoms with Crippen LogP contribution in [-0.2, 0) is 30.6 Å². The first kappa shape index (κ1) is 23.9. The van der Waals surface area contributed by atoms with Crippen molar-refractivity contribution in [3.8, 4) is 0 Å². The van der Waals surface area contributed by atoms with Crippen molar-refractivity contribution in [1.82, 2.24) is 15.2 Å². The molecule has 3 rings (SSSR count). The lowest BCUT2D eigenvalue weighted by Gasteiger charge is -2.26. The Balaban J connectivity index is 1.64. The average molecular weight is 442 g/mol. The van der Waals surface area contributed by atoms with Gasteiger partial charge in [0.25, 0.3) is 0 Å². The Bertz CT molecular complexity index is 1050. The first-order chi connectivity index (χ1) is 16.0. The van der Waals surface area contributed by atoms with Gasteiger partial charge in [-0.3, -0.25) is 20.6 Å². The number of rotatable bonds is 10. The van der Waals surface area contributed by atoms with E-state index in [0.29, 0.717) is 24.5 Å². The molecule has 2 aromatic carbocycles. The molecule has 0 radical (unpaired) electrons. The standard InChI is InChI=1S/C27H31N5O/c1-2-21-11-13-23(14-12-21)20-32(25(28)16-15-22-8-4-3-5-9-22)26(29)19-31-27(33)18-24-10-6-7-17-30-24/h3-14,17,28-29H,2,15-16,18-20H2,1H3,(H,31,33). The van der Waals surface area contributed by atoms with Crippen LogP contribution in [0.2, 0.25) is 0 Å². The van der Waals surface area contributed by atoms with Crippen LogP contribution in [-0.4, -0.2) is 34.0 Å². The molecule has 0 saturated heterocycles. The maximum absolute atomic E-state index is 12.3. The number of hydrogen-bond donors (Lipinski definition) is 3. The summed E-state index contributed by atoms with van der Waals surface area (Å²) in [5.74, 6) is 0.367. The number of carbonyl (C=O) groups is 1. The normalized spacial score (nSPS) is 10.5.